The van der Waals surface area contributed by atoms with E-state index in [4.69, 9.17) is 0 Å². The van der Waals surface area contributed by atoms with E-state index in [9.17, 15) is 24.8 Å². The second-order valence-corrected chi connectivity index (χ2v) is 7.86. The number of anilines is 3. The van der Waals surface area contributed by atoms with E-state index < -0.39 is 28.6 Å². The van der Waals surface area contributed by atoms with Gasteiger partial charge in [0, 0.05) is 25.7 Å². The SMILES string of the molecule is CN(C)C(=O)c1nccc(Nc2c(N[C@@H](C#N)C3(C)CCCC3)c(=O)c2=O)c1O. The fourth-order valence-electron chi connectivity index (χ4n) is 3.68. The average molecular weight is 397 g/mol. The van der Waals surface area contributed by atoms with E-state index in [1.165, 1.54) is 31.3 Å². The summed E-state index contributed by atoms with van der Waals surface area (Å²) in [5.41, 5.74) is -1.88. The number of aromatic hydroxyl groups is 1. The van der Waals surface area contributed by atoms with Gasteiger partial charge in [-0.15, -0.1) is 0 Å². The van der Waals surface area contributed by atoms with E-state index in [0.717, 1.165) is 25.7 Å². The number of aromatic nitrogens is 1. The summed E-state index contributed by atoms with van der Waals surface area (Å²) in [5, 5.41) is 25.6. The molecule has 0 unspecified atom stereocenters. The molecule has 1 aliphatic carbocycles. The van der Waals surface area contributed by atoms with Crippen molar-refractivity contribution in [2.24, 2.45) is 5.41 Å². The lowest BCUT2D eigenvalue weighted by Crippen LogP contribution is -2.43. The van der Waals surface area contributed by atoms with Crippen LogP contribution in [0.4, 0.5) is 17.1 Å². The third-order valence-corrected chi connectivity index (χ3v) is 5.56. The molecule has 9 nitrogen and oxygen atoms in total. The van der Waals surface area contributed by atoms with Crippen LogP contribution in [0, 0.1) is 16.7 Å². The Morgan fingerprint density at radius 2 is 1.90 bits per heavy atom. The van der Waals surface area contributed by atoms with Gasteiger partial charge >= 0.3 is 0 Å². The van der Waals surface area contributed by atoms with E-state index in [1.807, 2.05) is 6.92 Å². The van der Waals surface area contributed by atoms with Gasteiger partial charge in [-0.25, -0.2) is 4.98 Å². The number of hydrogen-bond acceptors (Lipinski definition) is 8. The van der Waals surface area contributed by atoms with Crippen LogP contribution in [0.3, 0.4) is 0 Å². The van der Waals surface area contributed by atoms with E-state index in [2.05, 4.69) is 21.7 Å². The third-order valence-electron chi connectivity index (χ3n) is 5.56. The maximum Gasteiger partial charge on any atom is 0.275 e. The van der Waals surface area contributed by atoms with Crippen LogP contribution in [0.1, 0.15) is 43.1 Å². The van der Waals surface area contributed by atoms with Crippen LogP contribution < -0.4 is 21.5 Å². The number of carbonyl (C=O) groups excluding carboxylic acids is 1. The van der Waals surface area contributed by atoms with Gasteiger partial charge in [-0.3, -0.25) is 14.4 Å². The van der Waals surface area contributed by atoms with Crippen molar-refractivity contribution in [2.75, 3.05) is 24.7 Å². The van der Waals surface area contributed by atoms with Crippen LogP contribution in [0.15, 0.2) is 21.9 Å². The molecule has 0 spiro atoms. The summed E-state index contributed by atoms with van der Waals surface area (Å²) in [6.07, 6.45) is 5.06. The predicted molar refractivity (Wildman–Crippen MR) is 108 cm³/mol. The Balaban J connectivity index is 1.90. The van der Waals surface area contributed by atoms with Crippen LogP contribution in [0.5, 0.6) is 5.75 Å². The molecule has 3 rings (SSSR count). The molecule has 152 valence electrons. The Hall–Kier alpha value is -3.41. The largest absolute Gasteiger partial charge is 0.504 e. The van der Waals surface area contributed by atoms with E-state index in [0.29, 0.717) is 0 Å². The zero-order chi connectivity index (χ0) is 21.3. The first-order chi connectivity index (χ1) is 13.7. The summed E-state index contributed by atoms with van der Waals surface area (Å²) in [4.78, 5) is 41.5. The fraction of sp³-hybridized carbons (Fsp3) is 0.450. The minimum Gasteiger partial charge on any atom is -0.504 e. The van der Waals surface area contributed by atoms with Gasteiger partial charge < -0.3 is 20.6 Å². The highest BCUT2D eigenvalue weighted by atomic mass is 16.3. The molecule has 0 aliphatic heterocycles. The zero-order valence-corrected chi connectivity index (χ0v) is 16.6. The number of nitrogens with zero attached hydrogens (tertiary/aromatic N) is 3. The highest BCUT2D eigenvalue weighted by Gasteiger charge is 2.39. The van der Waals surface area contributed by atoms with Crippen molar-refractivity contribution >= 4 is 23.0 Å². The second kappa shape index (κ2) is 7.54. The van der Waals surface area contributed by atoms with E-state index in [1.54, 1.807) is 0 Å². The maximum absolute atomic E-state index is 12.1. The summed E-state index contributed by atoms with van der Waals surface area (Å²) < 4.78 is 0. The first kappa shape index (κ1) is 20.3. The summed E-state index contributed by atoms with van der Waals surface area (Å²) in [6, 6.07) is 2.98. The van der Waals surface area contributed by atoms with Gasteiger partial charge in [0.05, 0.1) is 11.8 Å². The van der Waals surface area contributed by atoms with Crippen LogP contribution in [0.25, 0.3) is 0 Å². The molecular formula is C20H23N5O4. The predicted octanol–water partition coefficient (Wildman–Crippen LogP) is 1.71. The van der Waals surface area contributed by atoms with E-state index in [-0.39, 0.29) is 28.2 Å². The van der Waals surface area contributed by atoms with Crippen LogP contribution >= 0.6 is 0 Å². The number of pyridine rings is 1. The van der Waals surface area contributed by atoms with Gasteiger partial charge in [-0.2, -0.15) is 5.26 Å². The van der Waals surface area contributed by atoms with Gasteiger partial charge in [0.1, 0.15) is 17.4 Å². The minimum absolute atomic E-state index is 0.0198. The Bertz CT molecular complexity index is 1060. The topological polar surface area (TPSA) is 135 Å². The molecule has 1 aromatic heterocycles. The van der Waals surface area contributed by atoms with Crippen molar-refractivity contribution in [1.82, 2.24) is 9.88 Å². The molecule has 0 radical (unpaired) electrons. The normalized spacial score (nSPS) is 16.2. The van der Waals surface area contributed by atoms with Crippen molar-refractivity contribution in [2.45, 2.75) is 38.6 Å². The molecule has 0 bridgehead atoms. The average Bonchev–Trinajstić information content (AvgIpc) is 3.14. The maximum atomic E-state index is 12.1. The molecule has 1 heterocycles. The van der Waals surface area contributed by atoms with Crippen molar-refractivity contribution < 1.29 is 9.90 Å². The Morgan fingerprint density at radius 3 is 2.48 bits per heavy atom. The molecule has 0 saturated heterocycles. The van der Waals surface area contributed by atoms with Crippen molar-refractivity contribution in [3.05, 3.63) is 38.4 Å². The third kappa shape index (κ3) is 3.53. The molecule has 1 amide bonds. The number of nitriles is 1. The molecule has 2 aromatic rings. The van der Waals surface area contributed by atoms with Crippen LogP contribution in [-0.4, -0.2) is 41.0 Å². The Morgan fingerprint density at radius 1 is 1.28 bits per heavy atom. The molecule has 3 N–H and O–H groups in total. The summed E-state index contributed by atoms with van der Waals surface area (Å²) in [6.45, 7) is 1.99. The minimum atomic E-state index is -0.752. The number of hydrogen-bond donors (Lipinski definition) is 3. The fourth-order valence-corrected chi connectivity index (χ4v) is 3.68. The molecule has 1 fully saturated rings. The molecule has 1 aliphatic rings. The van der Waals surface area contributed by atoms with Gasteiger partial charge in [-0.1, -0.05) is 19.8 Å². The molecule has 1 saturated carbocycles. The van der Waals surface area contributed by atoms with Crippen molar-refractivity contribution in [3.8, 4) is 11.8 Å². The van der Waals surface area contributed by atoms with Crippen LogP contribution in [0.2, 0.25) is 0 Å². The number of nitrogens with one attached hydrogen (secondary N) is 2. The first-order valence-electron chi connectivity index (χ1n) is 9.35. The Kier molecular flexibility index (Phi) is 5.29. The molecule has 1 atom stereocenters. The lowest BCUT2D eigenvalue weighted by atomic mass is 9.81. The zero-order valence-electron chi connectivity index (χ0n) is 16.6. The smallest absolute Gasteiger partial charge is 0.275 e. The van der Waals surface area contributed by atoms with E-state index >= 15 is 0 Å². The lowest BCUT2D eigenvalue weighted by molar-refractivity contribution is 0.0819. The highest BCUT2D eigenvalue weighted by Crippen LogP contribution is 2.42. The van der Waals surface area contributed by atoms with Gasteiger partial charge in [0.25, 0.3) is 16.8 Å². The lowest BCUT2D eigenvalue weighted by Gasteiger charge is -2.31. The first-order valence-corrected chi connectivity index (χ1v) is 9.35. The van der Waals surface area contributed by atoms with Crippen LogP contribution in [-0.2, 0) is 0 Å². The second-order valence-electron chi connectivity index (χ2n) is 7.86. The molecule has 1 aromatic carbocycles. The van der Waals surface area contributed by atoms with Crippen molar-refractivity contribution in [1.29, 1.82) is 5.26 Å². The summed E-state index contributed by atoms with van der Waals surface area (Å²) >= 11 is 0. The number of amides is 1. The summed E-state index contributed by atoms with van der Waals surface area (Å²) in [7, 11) is 3.04. The summed E-state index contributed by atoms with van der Waals surface area (Å²) in [5.74, 6) is -0.932. The van der Waals surface area contributed by atoms with Gasteiger partial charge in [0.15, 0.2) is 11.4 Å². The molecule has 29 heavy (non-hydrogen) atoms. The van der Waals surface area contributed by atoms with Crippen molar-refractivity contribution in [3.63, 3.8) is 0 Å². The monoisotopic (exact) mass is 397 g/mol. The highest BCUT2D eigenvalue weighted by molar-refractivity contribution is 5.97. The van der Waals surface area contributed by atoms with Gasteiger partial charge in [-0.05, 0) is 18.9 Å². The quantitative estimate of drug-likeness (QED) is 0.627. The number of carbonyl (C=O) groups is 1. The van der Waals surface area contributed by atoms with Gasteiger partial charge in [0.2, 0.25) is 0 Å². The Labute approximate surface area is 167 Å². The molecular weight excluding hydrogens is 374 g/mol. The standard InChI is InChI=1S/C20H23N5O4/c1-20(7-4-5-8-20)12(10-21)24-14-13(17(27)18(14)28)23-11-6-9-22-15(16(11)26)19(29)25(2)3/h6,9,12,24,26H,4-5,7-8H2,1-3H3,(H,22,23)/t12-/m0/s1. The molecule has 9 heteroatoms. The number of rotatable bonds is 6.